The lowest BCUT2D eigenvalue weighted by Gasteiger charge is -2.08. The number of primary sulfonamides is 1. The summed E-state index contributed by atoms with van der Waals surface area (Å²) in [4.78, 5) is 0. The van der Waals surface area contributed by atoms with Crippen LogP contribution in [0.4, 0.5) is 13.2 Å². The molecule has 2 aromatic rings. The monoisotopic (exact) mass is 318 g/mol. The van der Waals surface area contributed by atoms with Crippen molar-refractivity contribution < 1.29 is 21.6 Å². The smallest absolute Gasteiger partial charge is 0.273 e. The normalized spacial score (nSPS) is 15.4. The van der Waals surface area contributed by atoms with Crippen LogP contribution in [0.1, 0.15) is 18.9 Å². The fourth-order valence-electron chi connectivity index (χ4n) is 2.02. The van der Waals surface area contributed by atoms with Crippen LogP contribution >= 0.6 is 0 Å². The molecule has 1 saturated carbocycles. The summed E-state index contributed by atoms with van der Waals surface area (Å²) >= 11 is 0. The molecular formula is C11H9F3N4O2S. The first kappa shape index (κ1) is 14.0. The average Bonchev–Trinajstić information content (AvgIpc) is 3.14. The minimum atomic E-state index is -4.16. The van der Waals surface area contributed by atoms with Gasteiger partial charge < -0.3 is 0 Å². The largest absolute Gasteiger partial charge is 0.294 e. The third kappa shape index (κ3) is 2.29. The molecule has 1 aliphatic carbocycles. The Morgan fingerprint density at radius 2 is 1.81 bits per heavy atom. The molecule has 2 N–H and O–H groups in total. The number of benzene rings is 1. The van der Waals surface area contributed by atoms with Crippen molar-refractivity contribution in [2.75, 3.05) is 0 Å². The first-order chi connectivity index (χ1) is 9.80. The first-order valence-electron chi connectivity index (χ1n) is 5.92. The quantitative estimate of drug-likeness (QED) is 0.865. The van der Waals surface area contributed by atoms with Gasteiger partial charge in [0.1, 0.15) is 0 Å². The Hall–Kier alpha value is -1.94. The van der Waals surface area contributed by atoms with Gasteiger partial charge in [0.15, 0.2) is 23.3 Å². The standard InChI is InChI=1S/C11H9F3N4O2S/c12-7-4-3-6(8(13)9(7)14)10-16-17-11(21(15,19)20)18(10)5-1-2-5/h3-5H,1-2H2,(H2,15,19,20). The van der Waals surface area contributed by atoms with Gasteiger partial charge in [-0.15, -0.1) is 10.2 Å². The number of nitrogens with zero attached hydrogens (tertiary/aromatic N) is 3. The van der Waals surface area contributed by atoms with Gasteiger partial charge in [-0.2, -0.15) is 0 Å². The Bertz CT molecular complexity index is 830. The van der Waals surface area contributed by atoms with Crippen molar-refractivity contribution in [2.45, 2.75) is 24.0 Å². The number of halogens is 3. The van der Waals surface area contributed by atoms with E-state index in [9.17, 15) is 21.6 Å². The van der Waals surface area contributed by atoms with Crippen molar-refractivity contribution in [3.05, 3.63) is 29.6 Å². The molecule has 0 radical (unpaired) electrons. The molecule has 112 valence electrons. The second kappa shape index (κ2) is 4.53. The predicted octanol–water partition coefficient (Wildman–Crippen LogP) is 1.34. The van der Waals surface area contributed by atoms with Gasteiger partial charge in [-0.1, -0.05) is 0 Å². The molecule has 1 aromatic carbocycles. The lowest BCUT2D eigenvalue weighted by molar-refractivity contribution is 0.448. The van der Waals surface area contributed by atoms with Gasteiger partial charge in [-0.3, -0.25) is 4.57 Å². The Kier molecular flexibility index (Phi) is 3.02. The van der Waals surface area contributed by atoms with Crippen LogP contribution in [0.15, 0.2) is 17.3 Å². The van der Waals surface area contributed by atoms with Crippen molar-refractivity contribution in [2.24, 2.45) is 5.14 Å². The van der Waals surface area contributed by atoms with Gasteiger partial charge in [0.2, 0.25) is 0 Å². The molecule has 0 bridgehead atoms. The maximum atomic E-state index is 13.8. The van der Waals surface area contributed by atoms with Crippen molar-refractivity contribution in [3.8, 4) is 11.4 Å². The minimum absolute atomic E-state index is 0.196. The molecule has 10 heteroatoms. The SMILES string of the molecule is NS(=O)(=O)c1nnc(-c2ccc(F)c(F)c2F)n1C1CC1. The number of sulfonamides is 1. The van der Waals surface area contributed by atoms with Crippen molar-refractivity contribution in [1.29, 1.82) is 0 Å². The van der Waals surface area contributed by atoms with Gasteiger partial charge in [0, 0.05) is 6.04 Å². The summed E-state index contributed by atoms with van der Waals surface area (Å²) in [6.07, 6.45) is 1.28. The number of rotatable bonds is 3. The van der Waals surface area contributed by atoms with E-state index in [-0.39, 0.29) is 17.4 Å². The molecule has 1 aromatic heterocycles. The summed E-state index contributed by atoms with van der Waals surface area (Å²) in [5.74, 6) is -4.65. The highest BCUT2D eigenvalue weighted by Gasteiger charge is 2.34. The lowest BCUT2D eigenvalue weighted by Crippen LogP contribution is -2.18. The summed E-state index contributed by atoms with van der Waals surface area (Å²) in [6, 6.07) is 1.45. The van der Waals surface area contributed by atoms with Gasteiger partial charge >= 0.3 is 0 Å². The fourth-order valence-corrected chi connectivity index (χ4v) is 2.68. The van der Waals surface area contributed by atoms with Crippen molar-refractivity contribution >= 4 is 10.0 Å². The fraction of sp³-hybridized carbons (Fsp3) is 0.273. The zero-order valence-electron chi connectivity index (χ0n) is 10.4. The van der Waals surface area contributed by atoms with E-state index in [1.165, 1.54) is 0 Å². The minimum Gasteiger partial charge on any atom is -0.294 e. The molecule has 0 aliphatic heterocycles. The van der Waals surface area contributed by atoms with E-state index in [1.54, 1.807) is 0 Å². The Morgan fingerprint density at radius 1 is 1.14 bits per heavy atom. The highest BCUT2D eigenvalue weighted by molar-refractivity contribution is 7.89. The molecule has 0 saturated heterocycles. The molecule has 1 heterocycles. The van der Waals surface area contributed by atoms with Gasteiger partial charge in [-0.25, -0.2) is 26.7 Å². The molecule has 1 fully saturated rings. The lowest BCUT2D eigenvalue weighted by atomic mass is 10.2. The zero-order valence-corrected chi connectivity index (χ0v) is 11.2. The highest BCUT2D eigenvalue weighted by atomic mass is 32.2. The van der Waals surface area contributed by atoms with E-state index in [0.717, 1.165) is 16.7 Å². The van der Waals surface area contributed by atoms with E-state index >= 15 is 0 Å². The molecule has 0 spiro atoms. The molecular weight excluding hydrogens is 309 g/mol. The summed E-state index contributed by atoms with van der Waals surface area (Å²) < 4.78 is 64.2. The van der Waals surface area contributed by atoms with Crippen molar-refractivity contribution in [1.82, 2.24) is 14.8 Å². The average molecular weight is 318 g/mol. The molecule has 3 rings (SSSR count). The summed E-state index contributed by atoms with van der Waals surface area (Å²) in [5, 5.41) is 11.5. The van der Waals surface area contributed by atoms with Gasteiger partial charge in [-0.05, 0) is 25.0 Å². The topological polar surface area (TPSA) is 90.9 Å². The van der Waals surface area contributed by atoms with Crippen LogP contribution in [-0.2, 0) is 10.0 Å². The van der Waals surface area contributed by atoms with Crippen LogP contribution in [0.5, 0.6) is 0 Å². The molecule has 0 amide bonds. The van der Waals surface area contributed by atoms with Crippen LogP contribution in [-0.4, -0.2) is 23.2 Å². The molecule has 0 unspecified atom stereocenters. The van der Waals surface area contributed by atoms with E-state index in [4.69, 9.17) is 5.14 Å². The molecule has 1 aliphatic rings. The summed E-state index contributed by atoms with van der Waals surface area (Å²) in [5.41, 5.74) is -0.372. The third-order valence-electron chi connectivity index (χ3n) is 3.11. The van der Waals surface area contributed by atoms with E-state index in [0.29, 0.717) is 12.8 Å². The number of nitrogens with two attached hydrogens (primary N) is 1. The maximum absolute atomic E-state index is 13.8. The van der Waals surface area contributed by atoms with Gasteiger partial charge in [0.05, 0.1) is 5.56 Å². The number of hydrogen-bond acceptors (Lipinski definition) is 4. The highest BCUT2D eigenvalue weighted by Crippen LogP contribution is 2.40. The Balaban J connectivity index is 2.25. The van der Waals surface area contributed by atoms with E-state index in [1.807, 2.05) is 0 Å². The van der Waals surface area contributed by atoms with E-state index < -0.39 is 32.6 Å². The summed E-state index contributed by atoms with van der Waals surface area (Å²) in [6.45, 7) is 0. The summed E-state index contributed by atoms with van der Waals surface area (Å²) in [7, 11) is -4.16. The maximum Gasteiger partial charge on any atom is 0.273 e. The van der Waals surface area contributed by atoms with Crippen molar-refractivity contribution in [3.63, 3.8) is 0 Å². The number of hydrogen-bond donors (Lipinski definition) is 1. The number of aromatic nitrogens is 3. The van der Waals surface area contributed by atoms with Crippen LogP contribution in [0.3, 0.4) is 0 Å². The van der Waals surface area contributed by atoms with Crippen LogP contribution in [0, 0.1) is 17.5 Å². The first-order valence-corrected chi connectivity index (χ1v) is 7.47. The molecule has 0 atom stereocenters. The van der Waals surface area contributed by atoms with E-state index in [2.05, 4.69) is 10.2 Å². The Labute approximate surface area is 117 Å². The molecule has 6 nitrogen and oxygen atoms in total. The van der Waals surface area contributed by atoms with Crippen LogP contribution in [0.2, 0.25) is 0 Å². The van der Waals surface area contributed by atoms with Gasteiger partial charge in [0.25, 0.3) is 15.2 Å². The Morgan fingerprint density at radius 3 is 2.38 bits per heavy atom. The van der Waals surface area contributed by atoms with Crippen LogP contribution in [0.25, 0.3) is 11.4 Å². The third-order valence-corrected chi connectivity index (χ3v) is 3.89. The zero-order chi connectivity index (χ0) is 15.4. The predicted molar refractivity (Wildman–Crippen MR) is 65.0 cm³/mol. The molecule has 21 heavy (non-hydrogen) atoms. The second-order valence-corrected chi connectivity index (χ2v) is 6.13. The van der Waals surface area contributed by atoms with Crippen LogP contribution < -0.4 is 5.14 Å². The second-order valence-electron chi connectivity index (χ2n) is 4.68.